The number of nitrogens with zero attached hydrogens (tertiary/aromatic N) is 4. The van der Waals surface area contributed by atoms with Crippen LogP contribution in [0.1, 0.15) is 13.3 Å². The second kappa shape index (κ2) is 9.44. The van der Waals surface area contributed by atoms with Gasteiger partial charge >= 0.3 is 0 Å². The molecule has 37 heavy (non-hydrogen) atoms. The van der Waals surface area contributed by atoms with Crippen LogP contribution in [0.3, 0.4) is 0 Å². The van der Waals surface area contributed by atoms with E-state index in [0.29, 0.717) is 6.42 Å². The molecule has 0 aliphatic carbocycles. The van der Waals surface area contributed by atoms with E-state index in [1.165, 1.54) is 0 Å². The normalized spacial score (nSPS) is 16.9. The van der Waals surface area contributed by atoms with Crippen LogP contribution in [-0.2, 0) is 0 Å². The Balaban J connectivity index is 1.40. The highest BCUT2D eigenvalue weighted by Crippen LogP contribution is 2.44. The number of aliphatic hydroxyl groups is 1. The summed E-state index contributed by atoms with van der Waals surface area (Å²) < 4.78 is 0. The Morgan fingerprint density at radius 1 is 0.649 bits per heavy atom. The van der Waals surface area contributed by atoms with Crippen LogP contribution in [0, 0.1) is 0 Å². The molecular weight excluding hydrogens is 460 g/mol. The first kappa shape index (κ1) is 22.8. The topological polar surface area (TPSA) is 93.7 Å². The Morgan fingerprint density at radius 2 is 1.30 bits per heavy atom. The van der Waals surface area contributed by atoms with Gasteiger partial charge in [0.2, 0.25) is 0 Å². The Morgan fingerprint density at radius 3 is 2.03 bits per heavy atom. The minimum atomic E-state index is -0.500. The summed E-state index contributed by atoms with van der Waals surface area (Å²) in [5.74, 6) is 0. The van der Waals surface area contributed by atoms with Crippen molar-refractivity contribution in [3.63, 3.8) is 0 Å². The van der Waals surface area contributed by atoms with Gasteiger partial charge in [-0.3, -0.25) is 0 Å². The summed E-state index contributed by atoms with van der Waals surface area (Å²) in [5, 5.41) is 39.1. The third kappa shape index (κ3) is 4.41. The molecule has 1 aliphatic rings. The van der Waals surface area contributed by atoms with Crippen LogP contribution in [0.25, 0.3) is 21.5 Å². The fourth-order valence-electron chi connectivity index (χ4n) is 4.79. The maximum absolute atomic E-state index is 9.64. The lowest BCUT2D eigenvalue weighted by molar-refractivity contribution is 0.263. The SMILES string of the molecule is CC1(CCO)Nc2cccc3ccc(N=Nc4ccc(N=Nc5ccccc5)c5ccccc45)c(c23)N1. The summed E-state index contributed by atoms with van der Waals surface area (Å²) in [6.45, 7) is 2.10. The third-order valence-corrected chi connectivity index (χ3v) is 6.62. The lowest BCUT2D eigenvalue weighted by atomic mass is 9.97. The van der Waals surface area contributed by atoms with Gasteiger partial charge in [0.1, 0.15) is 11.4 Å². The minimum absolute atomic E-state index is 0.0610. The molecule has 5 aromatic carbocycles. The molecule has 6 rings (SSSR count). The van der Waals surface area contributed by atoms with Gasteiger partial charge in [0.25, 0.3) is 0 Å². The van der Waals surface area contributed by atoms with Gasteiger partial charge in [-0.1, -0.05) is 60.7 Å². The Kier molecular flexibility index (Phi) is 5.82. The molecule has 1 unspecified atom stereocenters. The molecular formula is C30H26N6O. The van der Waals surface area contributed by atoms with Gasteiger partial charge < -0.3 is 15.7 Å². The van der Waals surface area contributed by atoms with Crippen molar-refractivity contribution in [1.82, 2.24) is 0 Å². The van der Waals surface area contributed by atoms with E-state index in [2.05, 4.69) is 49.3 Å². The van der Waals surface area contributed by atoms with Crippen LogP contribution >= 0.6 is 0 Å². The van der Waals surface area contributed by atoms with Crippen molar-refractivity contribution in [2.45, 2.75) is 19.0 Å². The van der Waals surface area contributed by atoms with Crippen molar-refractivity contribution in [1.29, 1.82) is 0 Å². The van der Waals surface area contributed by atoms with E-state index in [9.17, 15) is 5.11 Å². The number of nitrogens with one attached hydrogen (secondary N) is 2. The fourth-order valence-corrected chi connectivity index (χ4v) is 4.79. The number of hydrogen-bond acceptors (Lipinski definition) is 7. The van der Waals surface area contributed by atoms with E-state index in [4.69, 9.17) is 0 Å². The Hall–Kier alpha value is -4.62. The Bertz CT molecular complexity index is 1660. The molecule has 0 amide bonds. The van der Waals surface area contributed by atoms with Crippen LogP contribution in [0.4, 0.5) is 34.1 Å². The molecule has 5 aromatic rings. The second-order valence-corrected chi connectivity index (χ2v) is 9.30. The quantitative estimate of drug-likeness (QED) is 0.209. The van der Waals surface area contributed by atoms with Gasteiger partial charge in [-0.2, -0.15) is 5.11 Å². The Labute approximate surface area is 214 Å². The van der Waals surface area contributed by atoms with Gasteiger partial charge in [0.05, 0.1) is 22.7 Å². The average Bonchev–Trinajstić information content (AvgIpc) is 2.92. The van der Waals surface area contributed by atoms with E-state index < -0.39 is 5.66 Å². The first-order valence-corrected chi connectivity index (χ1v) is 12.3. The smallest absolute Gasteiger partial charge is 0.110 e. The molecule has 0 radical (unpaired) electrons. The van der Waals surface area contributed by atoms with Crippen molar-refractivity contribution in [3.05, 3.63) is 97.1 Å². The molecule has 0 fully saturated rings. The zero-order valence-corrected chi connectivity index (χ0v) is 20.4. The second-order valence-electron chi connectivity index (χ2n) is 9.30. The number of azo groups is 2. The van der Waals surface area contributed by atoms with Gasteiger partial charge in [0.15, 0.2) is 0 Å². The summed E-state index contributed by atoms with van der Waals surface area (Å²) in [6.07, 6.45) is 0.540. The highest BCUT2D eigenvalue weighted by atomic mass is 16.3. The highest BCUT2D eigenvalue weighted by molar-refractivity contribution is 6.09. The summed E-state index contributed by atoms with van der Waals surface area (Å²) in [5.41, 5.74) is 4.48. The predicted molar refractivity (Wildman–Crippen MR) is 150 cm³/mol. The van der Waals surface area contributed by atoms with Crippen LogP contribution in [0.15, 0.2) is 118 Å². The van der Waals surface area contributed by atoms with Crippen LogP contribution in [0.2, 0.25) is 0 Å². The lowest BCUT2D eigenvalue weighted by Gasteiger charge is -2.38. The third-order valence-electron chi connectivity index (χ3n) is 6.62. The van der Waals surface area contributed by atoms with E-state index in [-0.39, 0.29) is 6.61 Å². The van der Waals surface area contributed by atoms with Crippen molar-refractivity contribution in [2.24, 2.45) is 20.5 Å². The van der Waals surface area contributed by atoms with Crippen LogP contribution in [-0.4, -0.2) is 17.4 Å². The van der Waals surface area contributed by atoms with E-state index in [1.807, 2.05) is 85.8 Å². The molecule has 0 saturated heterocycles. The number of hydrogen-bond donors (Lipinski definition) is 3. The molecule has 182 valence electrons. The van der Waals surface area contributed by atoms with Crippen molar-refractivity contribution >= 4 is 55.7 Å². The number of anilines is 2. The van der Waals surface area contributed by atoms with E-state index in [0.717, 1.165) is 55.7 Å². The number of fused-ring (bicyclic) bond motifs is 1. The molecule has 0 spiro atoms. The molecule has 1 aliphatic heterocycles. The fraction of sp³-hybridized carbons (Fsp3) is 0.133. The predicted octanol–water partition coefficient (Wildman–Crippen LogP) is 8.76. The molecule has 7 nitrogen and oxygen atoms in total. The maximum atomic E-state index is 9.64. The molecule has 0 aromatic heterocycles. The minimum Gasteiger partial charge on any atom is -0.396 e. The number of rotatable bonds is 6. The number of benzene rings is 5. The summed E-state index contributed by atoms with van der Waals surface area (Å²) in [4.78, 5) is 0. The molecule has 0 saturated carbocycles. The van der Waals surface area contributed by atoms with Crippen LogP contribution < -0.4 is 10.6 Å². The van der Waals surface area contributed by atoms with E-state index >= 15 is 0 Å². The first-order valence-electron chi connectivity index (χ1n) is 12.3. The van der Waals surface area contributed by atoms with Crippen molar-refractivity contribution in [2.75, 3.05) is 17.2 Å². The largest absolute Gasteiger partial charge is 0.396 e. The zero-order valence-electron chi connectivity index (χ0n) is 20.4. The van der Waals surface area contributed by atoms with E-state index in [1.54, 1.807) is 0 Å². The average molecular weight is 487 g/mol. The molecule has 1 heterocycles. The lowest BCUT2D eigenvalue weighted by Crippen LogP contribution is -2.45. The molecule has 7 heteroatoms. The van der Waals surface area contributed by atoms with Gasteiger partial charge in [-0.15, -0.1) is 15.3 Å². The van der Waals surface area contributed by atoms with Gasteiger partial charge in [-0.05, 0) is 48.7 Å². The zero-order chi connectivity index (χ0) is 25.2. The van der Waals surface area contributed by atoms with Crippen molar-refractivity contribution < 1.29 is 5.11 Å². The van der Waals surface area contributed by atoms with Crippen molar-refractivity contribution in [3.8, 4) is 0 Å². The summed E-state index contributed by atoms with van der Waals surface area (Å²) in [6, 6.07) is 31.7. The highest BCUT2D eigenvalue weighted by Gasteiger charge is 2.30. The van der Waals surface area contributed by atoms with Gasteiger partial charge in [0, 0.05) is 34.9 Å². The summed E-state index contributed by atoms with van der Waals surface area (Å²) in [7, 11) is 0. The maximum Gasteiger partial charge on any atom is 0.110 e. The molecule has 0 bridgehead atoms. The molecule has 1 atom stereocenters. The first-order chi connectivity index (χ1) is 18.1. The monoisotopic (exact) mass is 486 g/mol. The molecule has 3 N–H and O–H groups in total. The summed E-state index contributed by atoms with van der Waals surface area (Å²) >= 11 is 0. The number of aliphatic hydroxyl groups excluding tert-OH is 1. The van der Waals surface area contributed by atoms with Gasteiger partial charge in [-0.25, -0.2) is 0 Å². The van der Waals surface area contributed by atoms with Crippen LogP contribution in [0.5, 0.6) is 0 Å². The standard InChI is InChI=1S/C30H26N6O/c1-30(18-19-37)31-26-13-7-8-20-14-15-27(29(32-30)28(20)26)36-35-25-17-16-24(22-11-5-6-12-23(22)25)34-33-21-9-3-2-4-10-21/h2-17,31-32,37H,18-19H2,1H3.